The first-order chi connectivity index (χ1) is 14.3. The first kappa shape index (κ1) is 19.5. The van der Waals surface area contributed by atoms with Crippen molar-refractivity contribution in [2.45, 2.75) is 0 Å². The summed E-state index contributed by atoms with van der Waals surface area (Å²) in [6.45, 7) is 4.73. The summed E-state index contributed by atoms with van der Waals surface area (Å²) in [6, 6.07) is 41.2. The van der Waals surface area contributed by atoms with E-state index in [0.29, 0.717) is 0 Å². The van der Waals surface area contributed by atoms with Gasteiger partial charge in [0.25, 0.3) is 0 Å². The normalized spacial score (nSPS) is 11.1. The molecule has 0 aliphatic rings. The second kappa shape index (κ2) is 8.71. The Balaban J connectivity index is 2.03. The number of methoxy groups -OCH3 is 1. The first-order valence-electron chi connectivity index (χ1n) is 9.77. The topological polar surface area (TPSA) is 9.23 Å². The summed E-state index contributed by atoms with van der Waals surface area (Å²) in [6.07, 6.45) is 0. The van der Waals surface area contributed by atoms with Crippen LogP contribution in [0.15, 0.2) is 122 Å². The summed E-state index contributed by atoms with van der Waals surface area (Å²) < 4.78 is 10.8. The minimum atomic E-state index is -3.57. The maximum atomic E-state index is 5.38. The molecule has 0 aliphatic carbocycles. The molecule has 0 N–H and O–H groups in total. The summed E-state index contributed by atoms with van der Waals surface area (Å²) in [5.41, 5.74) is 1.18. The SMILES string of the molecule is C=[C](c1ccc(OC)cc1)[Sn]([c]1ccccc1)([c]1ccccc1)[c]1ccccc1. The van der Waals surface area contributed by atoms with Crippen LogP contribution < -0.4 is 15.5 Å². The first-order valence-corrected chi connectivity index (χ1v) is 15.5. The van der Waals surface area contributed by atoms with Crippen molar-refractivity contribution < 1.29 is 4.74 Å². The molecule has 0 amide bonds. The van der Waals surface area contributed by atoms with Gasteiger partial charge in [0.15, 0.2) is 0 Å². The van der Waals surface area contributed by atoms with Gasteiger partial charge in [0, 0.05) is 0 Å². The standard InChI is InChI=1S/C9H9O.3C6H5.Sn/c1-3-8-4-6-9(10-2)7-5-8;3*1-2-4-6-5-3-1;/h4-7H,1H2,2H3;3*1-5H;. The molecule has 0 saturated carbocycles. The maximum absolute atomic E-state index is 5.38. The molecule has 1 nitrogen and oxygen atoms in total. The molecule has 0 saturated heterocycles. The van der Waals surface area contributed by atoms with Gasteiger partial charge in [0.2, 0.25) is 0 Å². The van der Waals surface area contributed by atoms with Gasteiger partial charge >= 0.3 is 178 Å². The van der Waals surface area contributed by atoms with Gasteiger partial charge in [0.05, 0.1) is 0 Å². The fourth-order valence-corrected chi connectivity index (χ4v) is 17.6. The molecule has 0 unspecified atom stereocenters. The van der Waals surface area contributed by atoms with E-state index in [-0.39, 0.29) is 0 Å². The molecule has 4 rings (SSSR count). The fourth-order valence-electron chi connectivity index (χ4n) is 4.10. The van der Waals surface area contributed by atoms with Crippen LogP contribution in [-0.2, 0) is 0 Å². The second-order valence-electron chi connectivity index (χ2n) is 7.06. The quantitative estimate of drug-likeness (QED) is 0.370. The molecule has 0 aromatic heterocycles. The minimum absolute atomic E-state index is 0.862. The molecule has 0 aliphatic heterocycles. The summed E-state index contributed by atoms with van der Waals surface area (Å²) in [5, 5.41) is 0. The van der Waals surface area contributed by atoms with E-state index < -0.39 is 18.4 Å². The van der Waals surface area contributed by atoms with Crippen molar-refractivity contribution in [3.8, 4) is 5.75 Å². The molecule has 0 spiro atoms. The van der Waals surface area contributed by atoms with Crippen molar-refractivity contribution in [2.24, 2.45) is 0 Å². The van der Waals surface area contributed by atoms with Crippen LogP contribution in [0.2, 0.25) is 0 Å². The Morgan fingerprint density at radius 1 is 0.586 bits per heavy atom. The predicted octanol–water partition coefficient (Wildman–Crippen LogP) is 4.42. The van der Waals surface area contributed by atoms with Crippen molar-refractivity contribution in [3.63, 3.8) is 0 Å². The summed E-state index contributed by atoms with van der Waals surface area (Å²) in [5.74, 6) is 0.862. The van der Waals surface area contributed by atoms with Gasteiger partial charge in [-0.1, -0.05) is 0 Å². The van der Waals surface area contributed by atoms with E-state index in [1.165, 1.54) is 19.9 Å². The molecule has 4 aromatic carbocycles. The van der Waals surface area contributed by atoms with Crippen LogP contribution in [0.3, 0.4) is 0 Å². The fraction of sp³-hybridized carbons (Fsp3) is 0.0370. The third-order valence-electron chi connectivity index (χ3n) is 5.51. The van der Waals surface area contributed by atoms with Gasteiger partial charge in [-0.2, -0.15) is 0 Å². The third-order valence-corrected chi connectivity index (χ3v) is 19.2. The average molecular weight is 483 g/mol. The Bertz CT molecular complexity index is 975. The van der Waals surface area contributed by atoms with E-state index in [4.69, 9.17) is 11.3 Å². The zero-order valence-electron chi connectivity index (χ0n) is 16.6. The molecule has 0 heterocycles. The van der Waals surface area contributed by atoms with Crippen LogP contribution in [0.4, 0.5) is 0 Å². The summed E-state index contributed by atoms with van der Waals surface area (Å²) >= 11 is -3.57. The van der Waals surface area contributed by atoms with Crippen molar-refractivity contribution in [1.29, 1.82) is 0 Å². The predicted molar refractivity (Wildman–Crippen MR) is 126 cm³/mol. The van der Waals surface area contributed by atoms with E-state index >= 15 is 0 Å². The molecule has 0 fully saturated rings. The number of ether oxygens (including phenoxy) is 1. The van der Waals surface area contributed by atoms with Crippen molar-refractivity contribution in [2.75, 3.05) is 7.11 Å². The van der Waals surface area contributed by atoms with Crippen LogP contribution >= 0.6 is 0 Å². The van der Waals surface area contributed by atoms with E-state index in [1.807, 2.05) is 12.1 Å². The van der Waals surface area contributed by atoms with Gasteiger partial charge in [-0.3, -0.25) is 0 Å². The van der Waals surface area contributed by atoms with Crippen molar-refractivity contribution in [1.82, 2.24) is 0 Å². The van der Waals surface area contributed by atoms with Crippen molar-refractivity contribution in [3.05, 3.63) is 127 Å². The molecule has 0 atom stereocenters. The van der Waals surface area contributed by atoms with Gasteiger partial charge in [0.1, 0.15) is 0 Å². The number of rotatable bonds is 6. The van der Waals surface area contributed by atoms with Gasteiger partial charge < -0.3 is 0 Å². The monoisotopic (exact) mass is 484 g/mol. The molecule has 2 heteroatoms. The van der Waals surface area contributed by atoms with Crippen LogP contribution in [-0.4, -0.2) is 25.5 Å². The van der Waals surface area contributed by atoms with Crippen molar-refractivity contribution >= 4 is 32.7 Å². The third kappa shape index (κ3) is 3.63. The molecule has 4 aromatic rings. The van der Waals surface area contributed by atoms with Gasteiger partial charge in [-0.25, -0.2) is 0 Å². The molecular formula is C27H24OSn. The zero-order chi connectivity index (χ0) is 20.1. The van der Waals surface area contributed by atoms with Gasteiger partial charge in [-0.05, 0) is 0 Å². The molecular weight excluding hydrogens is 459 g/mol. The Morgan fingerprint density at radius 2 is 0.966 bits per heavy atom. The van der Waals surface area contributed by atoms with Crippen LogP contribution in [0.1, 0.15) is 5.56 Å². The summed E-state index contributed by atoms with van der Waals surface area (Å²) in [4.78, 5) is 0. The zero-order valence-corrected chi connectivity index (χ0v) is 19.4. The second-order valence-corrected chi connectivity index (χ2v) is 18.0. The number of benzene rings is 4. The average Bonchev–Trinajstić information content (AvgIpc) is 2.82. The number of hydrogen-bond donors (Lipinski definition) is 0. The van der Waals surface area contributed by atoms with Gasteiger partial charge in [-0.15, -0.1) is 0 Å². The van der Waals surface area contributed by atoms with Crippen LogP contribution in [0, 0.1) is 0 Å². The van der Waals surface area contributed by atoms with E-state index in [2.05, 4.69) is 103 Å². The van der Waals surface area contributed by atoms with Crippen LogP contribution in [0.5, 0.6) is 5.75 Å². The Morgan fingerprint density at radius 3 is 1.31 bits per heavy atom. The number of hydrogen-bond acceptors (Lipinski definition) is 1. The Hall–Kier alpha value is -2.78. The molecule has 29 heavy (non-hydrogen) atoms. The molecule has 142 valence electrons. The molecule has 0 radical (unpaired) electrons. The molecule has 0 bridgehead atoms. The van der Waals surface area contributed by atoms with E-state index in [0.717, 1.165) is 5.75 Å². The van der Waals surface area contributed by atoms with E-state index in [1.54, 1.807) is 7.11 Å². The Kier molecular flexibility index (Phi) is 5.86. The Labute approximate surface area is 177 Å². The van der Waals surface area contributed by atoms with E-state index in [9.17, 15) is 0 Å². The van der Waals surface area contributed by atoms with Crippen LogP contribution in [0.25, 0.3) is 3.59 Å². The summed E-state index contributed by atoms with van der Waals surface area (Å²) in [7, 11) is 1.70.